The Labute approximate surface area is 107 Å². The molecule has 0 aliphatic carbocycles. The van der Waals surface area contributed by atoms with Crippen LogP contribution in [-0.2, 0) is 13.0 Å². The minimum absolute atomic E-state index is 0.425. The normalized spacial score (nSPS) is 10.3. The second-order valence-corrected chi connectivity index (χ2v) is 4.11. The summed E-state index contributed by atoms with van der Waals surface area (Å²) in [5, 5.41) is 8.19. The van der Waals surface area contributed by atoms with Gasteiger partial charge in [0.15, 0.2) is 5.82 Å². The zero-order valence-electron chi connectivity index (χ0n) is 10.5. The highest BCUT2D eigenvalue weighted by atomic mass is 15.2. The van der Waals surface area contributed by atoms with E-state index in [2.05, 4.69) is 20.1 Å². The molecule has 0 amide bonds. The van der Waals surface area contributed by atoms with Gasteiger partial charge in [0, 0.05) is 32.5 Å². The molecular formula is C13H17N5. The summed E-state index contributed by atoms with van der Waals surface area (Å²) in [7, 11) is 2.01. The van der Waals surface area contributed by atoms with E-state index < -0.39 is 0 Å². The maximum Gasteiger partial charge on any atom is 0.150 e. The Morgan fingerprint density at radius 1 is 1.11 bits per heavy atom. The molecule has 2 heterocycles. The first kappa shape index (κ1) is 12.4. The lowest BCUT2D eigenvalue weighted by atomic mass is 10.2. The summed E-state index contributed by atoms with van der Waals surface area (Å²) in [6, 6.07) is 7.90. The summed E-state index contributed by atoms with van der Waals surface area (Å²) in [6.07, 6.45) is 4.58. The zero-order valence-corrected chi connectivity index (χ0v) is 10.5. The van der Waals surface area contributed by atoms with Crippen LogP contribution in [0.15, 0.2) is 36.7 Å². The lowest BCUT2D eigenvalue weighted by Crippen LogP contribution is -2.22. The van der Waals surface area contributed by atoms with Crippen LogP contribution in [0.2, 0.25) is 0 Å². The van der Waals surface area contributed by atoms with Gasteiger partial charge in [0.2, 0.25) is 0 Å². The van der Waals surface area contributed by atoms with E-state index in [1.807, 2.05) is 43.7 Å². The van der Waals surface area contributed by atoms with Gasteiger partial charge in [-0.3, -0.25) is 4.98 Å². The molecule has 0 bridgehead atoms. The fourth-order valence-corrected chi connectivity index (χ4v) is 1.63. The monoisotopic (exact) mass is 243 g/mol. The number of hydrogen-bond acceptors (Lipinski definition) is 5. The number of pyridine rings is 1. The van der Waals surface area contributed by atoms with Gasteiger partial charge in [-0.25, -0.2) is 0 Å². The number of likely N-dealkylation sites (N-methyl/N-ethyl adjacent to an activating group) is 1. The van der Waals surface area contributed by atoms with Crippen LogP contribution in [0.1, 0.15) is 11.3 Å². The number of hydrogen-bond donors (Lipinski definition) is 1. The van der Waals surface area contributed by atoms with Crippen LogP contribution >= 0.6 is 0 Å². The average molecular weight is 243 g/mol. The largest absolute Gasteiger partial charge is 0.358 e. The summed E-state index contributed by atoms with van der Waals surface area (Å²) in [5.41, 5.74) is 7.56. The molecule has 0 atom stereocenters. The maximum absolute atomic E-state index is 5.49. The Bertz CT molecular complexity index is 469. The van der Waals surface area contributed by atoms with Crippen molar-refractivity contribution in [3.63, 3.8) is 0 Å². The average Bonchev–Trinajstić information content (AvgIpc) is 2.46. The highest BCUT2D eigenvalue weighted by Gasteiger charge is 2.03. The predicted molar refractivity (Wildman–Crippen MR) is 71.1 cm³/mol. The van der Waals surface area contributed by atoms with Gasteiger partial charge in [0.05, 0.1) is 5.69 Å². The maximum atomic E-state index is 5.49. The Hall–Kier alpha value is -2.01. The van der Waals surface area contributed by atoms with E-state index in [-0.39, 0.29) is 0 Å². The highest BCUT2D eigenvalue weighted by Crippen LogP contribution is 2.08. The lowest BCUT2D eigenvalue weighted by Gasteiger charge is -2.17. The fraction of sp³-hybridized carbons (Fsp3) is 0.308. The third-order valence-corrected chi connectivity index (χ3v) is 2.79. The van der Waals surface area contributed by atoms with E-state index in [1.165, 1.54) is 5.56 Å². The first-order valence-corrected chi connectivity index (χ1v) is 5.92. The van der Waals surface area contributed by atoms with Crippen molar-refractivity contribution in [3.05, 3.63) is 47.9 Å². The highest BCUT2D eigenvalue weighted by molar-refractivity contribution is 5.36. The van der Waals surface area contributed by atoms with Crippen LogP contribution in [0.3, 0.4) is 0 Å². The number of nitrogens with zero attached hydrogens (tertiary/aromatic N) is 4. The van der Waals surface area contributed by atoms with Crippen molar-refractivity contribution in [2.75, 3.05) is 18.5 Å². The van der Waals surface area contributed by atoms with Gasteiger partial charge in [0.1, 0.15) is 0 Å². The standard InChI is InChI=1S/C13H17N5/c1-18(9-6-11-4-7-15-8-5-11)13-3-2-12(10-14)16-17-13/h2-5,7-8H,6,9-10,14H2,1H3. The molecule has 0 unspecified atom stereocenters. The quantitative estimate of drug-likeness (QED) is 0.848. The Balaban J connectivity index is 1.93. The number of rotatable bonds is 5. The third-order valence-electron chi connectivity index (χ3n) is 2.79. The van der Waals surface area contributed by atoms with Crippen molar-refractivity contribution >= 4 is 5.82 Å². The van der Waals surface area contributed by atoms with Crippen molar-refractivity contribution in [1.29, 1.82) is 0 Å². The third kappa shape index (κ3) is 3.24. The van der Waals surface area contributed by atoms with Crippen molar-refractivity contribution in [2.45, 2.75) is 13.0 Å². The lowest BCUT2D eigenvalue weighted by molar-refractivity contribution is 0.820. The Morgan fingerprint density at radius 2 is 1.89 bits per heavy atom. The van der Waals surface area contributed by atoms with Gasteiger partial charge < -0.3 is 10.6 Å². The molecule has 94 valence electrons. The molecule has 0 saturated carbocycles. The van der Waals surface area contributed by atoms with Crippen LogP contribution in [-0.4, -0.2) is 28.8 Å². The molecule has 2 rings (SSSR count). The molecule has 0 aromatic carbocycles. The second kappa shape index (κ2) is 6.07. The van der Waals surface area contributed by atoms with E-state index in [0.717, 1.165) is 24.5 Å². The molecule has 18 heavy (non-hydrogen) atoms. The Morgan fingerprint density at radius 3 is 2.50 bits per heavy atom. The van der Waals surface area contributed by atoms with E-state index >= 15 is 0 Å². The van der Waals surface area contributed by atoms with Gasteiger partial charge in [-0.15, -0.1) is 5.10 Å². The van der Waals surface area contributed by atoms with E-state index in [0.29, 0.717) is 6.54 Å². The molecule has 0 fully saturated rings. The summed E-state index contributed by atoms with van der Waals surface area (Å²) in [4.78, 5) is 6.08. The molecule has 5 heteroatoms. The summed E-state index contributed by atoms with van der Waals surface area (Å²) in [6.45, 7) is 1.31. The summed E-state index contributed by atoms with van der Waals surface area (Å²) >= 11 is 0. The van der Waals surface area contributed by atoms with Crippen LogP contribution in [0.5, 0.6) is 0 Å². The van der Waals surface area contributed by atoms with Gasteiger partial charge >= 0.3 is 0 Å². The zero-order chi connectivity index (χ0) is 12.8. The van der Waals surface area contributed by atoms with Crippen LogP contribution < -0.4 is 10.6 Å². The SMILES string of the molecule is CN(CCc1ccncc1)c1ccc(CN)nn1. The molecule has 2 aromatic heterocycles. The van der Waals surface area contributed by atoms with Gasteiger partial charge in [-0.1, -0.05) is 0 Å². The van der Waals surface area contributed by atoms with Crippen LogP contribution in [0.25, 0.3) is 0 Å². The van der Waals surface area contributed by atoms with Crippen LogP contribution in [0.4, 0.5) is 5.82 Å². The summed E-state index contributed by atoms with van der Waals surface area (Å²) in [5.74, 6) is 0.862. The van der Waals surface area contributed by atoms with E-state index in [9.17, 15) is 0 Å². The fourth-order valence-electron chi connectivity index (χ4n) is 1.63. The van der Waals surface area contributed by atoms with E-state index in [4.69, 9.17) is 5.73 Å². The predicted octanol–water partition coefficient (Wildman–Crippen LogP) is 1.01. The molecule has 0 saturated heterocycles. The molecule has 5 nitrogen and oxygen atoms in total. The second-order valence-electron chi connectivity index (χ2n) is 4.11. The molecular weight excluding hydrogens is 226 g/mol. The number of nitrogens with two attached hydrogens (primary N) is 1. The van der Waals surface area contributed by atoms with Gasteiger partial charge in [-0.05, 0) is 36.2 Å². The topological polar surface area (TPSA) is 67.9 Å². The number of anilines is 1. The molecule has 2 N–H and O–H groups in total. The molecule has 2 aromatic rings. The Kier molecular flexibility index (Phi) is 4.20. The minimum atomic E-state index is 0.425. The van der Waals surface area contributed by atoms with Crippen LogP contribution in [0, 0.1) is 0 Å². The van der Waals surface area contributed by atoms with Crippen molar-refractivity contribution in [3.8, 4) is 0 Å². The van der Waals surface area contributed by atoms with Gasteiger partial charge in [-0.2, -0.15) is 5.10 Å². The van der Waals surface area contributed by atoms with E-state index in [1.54, 1.807) is 0 Å². The molecule has 0 aliphatic heterocycles. The summed E-state index contributed by atoms with van der Waals surface area (Å²) < 4.78 is 0. The molecule has 0 radical (unpaired) electrons. The molecule has 0 aliphatic rings. The smallest absolute Gasteiger partial charge is 0.150 e. The van der Waals surface area contributed by atoms with Gasteiger partial charge in [0.25, 0.3) is 0 Å². The van der Waals surface area contributed by atoms with Crippen molar-refractivity contribution < 1.29 is 0 Å². The number of aromatic nitrogens is 3. The first-order valence-electron chi connectivity index (χ1n) is 5.92. The van der Waals surface area contributed by atoms with Crippen molar-refractivity contribution in [1.82, 2.24) is 15.2 Å². The first-order chi connectivity index (χ1) is 8.79. The minimum Gasteiger partial charge on any atom is -0.358 e. The van der Waals surface area contributed by atoms with Crippen molar-refractivity contribution in [2.24, 2.45) is 5.73 Å². The molecule has 0 spiro atoms.